The van der Waals surface area contributed by atoms with Crippen molar-refractivity contribution in [1.29, 1.82) is 0 Å². The smallest absolute Gasteiger partial charge is 0.161 e. The first-order chi connectivity index (χ1) is 12.6. The molecule has 0 aromatic heterocycles. The number of Topliss-reactive ketones (excluding diaryl/α,β-unsaturated/α-hetero) is 1. The standard InChI is InChI=1S/C20H34N2O5/c1-15(23)17-8-7-16(11-18(17)21)25-14-22-9-10-26-20(4,5)13-27-19(2,3)12-24-6/h7-8,11,22H,9-10,12-14,21H2,1-6H3. The van der Waals surface area contributed by atoms with Crippen LogP contribution in [-0.2, 0) is 14.2 Å². The molecule has 0 spiro atoms. The molecule has 0 aliphatic rings. The number of ether oxygens (including phenoxy) is 4. The number of nitrogens with one attached hydrogen (secondary N) is 1. The van der Waals surface area contributed by atoms with E-state index in [-0.39, 0.29) is 11.4 Å². The third-order valence-electron chi connectivity index (χ3n) is 3.82. The van der Waals surface area contributed by atoms with Crippen LogP contribution in [0.3, 0.4) is 0 Å². The molecule has 7 heteroatoms. The van der Waals surface area contributed by atoms with E-state index in [9.17, 15) is 4.79 Å². The number of rotatable bonds is 13. The Morgan fingerprint density at radius 2 is 1.78 bits per heavy atom. The van der Waals surface area contributed by atoms with Gasteiger partial charge in [0.05, 0.1) is 31.0 Å². The highest BCUT2D eigenvalue weighted by Crippen LogP contribution is 2.20. The fraction of sp³-hybridized carbons (Fsp3) is 0.650. The Labute approximate surface area is 162 Å². The van der Waals surface area contributed by atoms with Gasteiger partial charge in [0, 0.05) is 31.0 Å². The summed E-state index contributed by atoms with van der Waals surface area (Å²) in [4.78, 5) is 11.4. The van der Waals surface area contributed by atoms with E-state index < -0.39 is 5.60 Å². The van der Waals surface area contributed by atoms with Crippen molar-refractivity contribution >= 4 is 11.5 Å². The second kappa shape index (κ2) is 10.6. The maximum atomic E-state index is 11.4. The van der Waals surface area contributed by atoms with E-state index in [1.807, 2.05) is 27.7 Å². The van der Waals surface area contributed by atoms with Crippen LogP contribution < -0.4 is 15.8 Å². The van der Waals surface area contributed by atoms with Gasteiger partial charge in [-0.3, -0.25) is 10.1 Å². The molecule has 0 saturated carbocycles. The zero-order chi connectivity index (χ0) is 20.5. The zero-order valence-electron chi connectivity index (χ0n) is 17.4. The van der Waals surface area contributed by atoms with Crippen LogP contribution in [0.4, 0.5) is 5.69 Å². The van der Waals surface area contributed by atoms with E-state index >= 15 is 0 Å². The van der Waals surface area contributed by atoms with Crippen LogP contribution in [0.5, 0.6) is 5.75 Å². The third-order valence-corrected chi connectivity index (χ3v) is 3.82. The van der Waals surface area contributed by atoms with Crippen LogP contribution in [0.1, 0.15) is 45.0 Å². The molecule has 0 bridgehead atoms. The van der Waals surface area contributed by atoms with Gasteiger partial charge in [0.1, 0.15) is 12.5 Å². The molecule has 0 aliphatic heterocycles. The van der Waals surface area contributed by atoms with Crippen molar-refractivity contribution in [1.82, 2.24) is 5.32 Å². The molecule has 1 aromatic rings. The summed E-state index contributed by atoms with van der Waals surface area (Å²) < 4.78 is 22.5. The summed E-state index contributed by atoms with van der Waals surface area (Å²) in [7, 11) is 1.66. The number of methoxy groups -OCH3 is 1. The summed E-state index contributed by atoms with van der Waals surface area (Å²) in [6.07, 6.45) is 0. The van der Waals surface area contributed by atoms with Crippen molar-refractivity contribution in [3.05, 3.63) is 23.8 Å². The number of hydrogen-bond acceptors (Lipinski definition) is 7. The topological polar surface area (TPSA) is 92.0 Å². The molecule has 0 aliphatic carbocycles. The average Bonchev–Trinajstić information content (AvgIpc) is 2.56. The van der Waals surface area contributed by atoms with Gasteiger partial charge in [0.25, 0.3) is 0 Å². The lowest BCUT2D eigenvalue weighted by atomic mass is 10.1. The fourth-order valence-electron chi connectivity index (χ4n) is 2.36. The summed E-state index contributed by atoms with van der Waals surface area (Å²) in [5.74, 6) is 0.548. The largest absolute Gasteiger partial charge is 0.478 e. The normalized spacial score (nSPS) is 12.2. The Bertz CT molecular complexity index is 602. The van der Waals surface area contributed by atoms with E-state index in [1.165, 1.54) is 6.92 Å². The van der Waals surface area contributed by atoms with Crippen LogP contribution >= 0.6 is 0 Å². The highest BCUT2D eigenvalue weighted by Gasteiger charge is 2.25. The van der Waals surface area contributed by atoms with E-state index in [1.54, 1.807) is 25.3 Å². The van der Waals surface area contributed by atoms with E-state index in [0.717, 1.165) is 0 Å². The van der Waals surface area contributed by atoms with Crippen LogP contribution in [0.15, 0.2) is 18.2 Å². The van der Waals surface area contributed by atoms with Crippen molar-refractivity contribution in [3.63, 3.8) is 0 Å². The minimum Gasteiger partial charge on any atom is -0.478 e. The maximum absolute atomic E-state index is 11.4. The van der Waals surface area contributed by atoms with Gasteiger partial charge in [-0.15, -0.1) is 0 Å². The molecule has 1 rings (SSSR count). The zero-order valence-corrected chi connectivity index (χ0v) is 17.4. The van der Waals surface area contributed by atoms with Crippen molar-refractivity contribution in [2.24, 2.45) is 0 Å². The van der Waals surface area contributed by atoms with Gasteiger partial charge in [-0.25, -0.2) is 0 Å². The molecular formula is C20H34N2O5. The first kappa shape index (κ1) is 23.4. The molecule has 0 unspecified atom stereocenters. The highest BCUT2D eigenvalue weighted by molar-refractivity contribution is 5.99. The number of nitrogens with two attached hydrogens (primary N) is 1. The van der Waals surface area contributed by atoms with Gasteiger partial charge in [-0.1, -0.05) is 0 Å². The number of carbonyl (C=O) groups is 1. The summed E-state index contributed by atoms with van der Waals surface area (Å²) in [5.41, 5.74) is 6.01. The molecule has 0 amide bonds. The first-order valence-corrected chi connectivity index (χ1v) is 9.07. The van der Waals surface area contributed by atoms with Crippen molar-refractivity contribution in [3.8, 4) is 5.75 Å². The Morgan fingerprint density at radius 1 is 1.11 bits per heavy atom. The monoisotopic (exact) mass is 382 g/mol. The molecule has 3 N–H and O–H groups in total. The van der Waals surface area contributed by atoms with E-state index in [2.05, 4.69) is 5.32 Å². The van der Waals surface area contributed by atoms with Crippen LogP contribution in [0.2, 0.25) is 0 Å². The molecule has 154 valence electrons. The van der Waals surface area contributed by atoms with Crippen molar-refractivity contribution in [2.45, 2.75) is 45.8 Å². The Kier molecular flexibility index (Phi) is 9.18. The molecule has 1 aromatic carbocycles. The average molecular weight is 383 g/mol. The lowest BCUT2D eigenvalue weighted by Crippen LogP contribution is -2.40. The molecule has 0 atom stereocenters. The Balaban J connectivity index is 2.24. The van der Waals surface area contributed by atoms with Crippen LogP contribution in [-0.4, -0.2) is 57.2 Å². The molecule has 7 nitrogen and oxygen atoms in total. The quantitative estimate of drug-likeness (QED) is 0.234. The van der Waals surface area contributed by atoms with Crippen molar-refractivity contribution < 1.29 is 23.7 Å². The summed E-state index contributed by atoms with van der Waals surface area (Å²) >= 11 is 0. The van der Waals surface area contributed by atoms with Crippen LogP contribution in [0.25, 0.3) is 0 Å². The number of benzene rings is 1. The van der Waals surface area contributed by atoms with Crippen molar-refractivity contribution in [2.75, 3.05) is 45.9 Å². The Morgan fingerprint density at radius 3 is 2.37 bits per heavy atom. The molecule has 0 radical (unpaired) electrons. The second-order valence-electron chi connectivity index (χ2n) is 7.68. The van der Waals surface area contributed by atoms with Gasteiger partial charge in [0.15, 0.2) is 5.78 Å². The van der Waals surface area contributed by atoms with Gasteiger partial charge < -0.3 is 24.7 Å². The molecule has 0 heterocycles. The predicted octanol–water partition coefficient (Wildman–Crippen LogP) is 2.63. The number of anilines is 1. The molecule has 0 fully saturated rings. The number of carbonyl (C=O) groups excluding carboxylic acids is 1. The van der Waals surface area contributed by atoms with E-state index in [0.29, 0.717) is 50.1 Å². The molecule has 0 saturated heterocycles. The lowest BCUT2D eigenvalue weighted by molar-refractivity contribution is -0.135. The van der Waals surface area contributed by atoms with E-state index in [4.69, 9.17) is 24.7 Å². The van der Waals surface area contributed by atoms with Gasteiger partial charge >= 0.3 is 0 Å². The number of nitrogen functional groups attached to an aromatic ring is 1. The van der Waals surface area contributed by atoms with Gasteiger partial charge in [-0.05, 0) is 46.8 Å². The van der Waals surface area contributed by atoms with Crippen LogP contribution in [0, 0.1) is 0 Å². The van der Waals surface area contributed by atoms with Gasteiger partial charge in [0.2, 0.25) is 0 Å². The van der Waals surface area contributed by atoms with Gasteiger partial charge in [-0.2, -0.15) is 0 Å². The minimum atomic E-state index is -0.398. The SMILES string of the molecule is COCC(C)(C)OCC(C)(C)OCCNCOc1ccc(C(C)=O)c(N)c1. The first-order valence-electron chi connectivity index (χ1n) is 9.07. The third kappa shape index (κ3) is 9.19. The number of hydrogen-bond donors (Lipinski definition) is 2. The lowest BCUT2D eigenvalue weighted by Gasteiger charge is -2.31. The predicted molar refractivity (Wildman–Crippen MR) is 106 cm³/mol. The second-order valence-corrected chi connectivity index (χ2v) is 7.68. The fourth-order valence-corrected chi connectivity index (χ4v) is 2.36. The highest BCUT2D eigenvalue weighted by atomic mass is 16.6. The Hall–Kier alpha value is -1.67. The molecule has 27 heavy (non-hydrogen) atoms. The maximum Gasteiger partial charge on any atom is 0.161 e. The molecular weight excluding hydrogens is 348 g/mol. The summed E-state index contributed by atoms with van der Waals surface area (Å²) in [6.45, 7) is 11.9. The summed E-state index contributed by atoms with van der Waals surface area (Å²) in [6, 6.07) is 5.05. The number of ketones is 1. The minimum absolute atomic E-state index is 0.0634. The summed E-state index contributed by atoms with van der Waals surface area (Å²) in [5, 5.41) is 3.14.